The zero-order valence-corrected chi connectivity index (χ0v) is 11.7. The SMILES string of the molecule is CC(CCl)CCCNCc1ncnn1C(C)C. The van der Waals surface area contributed by atoms with Crippen LogP contribution in [0.15, 0.2) is 6.33 Å². The second-order valence-electron chi connectivity index (χ2n) is 4.79. The van der Waals surface area contributed by atoms with E-state index in [0.29, 0.717) is 12.0 Å². The summed E-state index contributed by atoms with van der Waals surface area (Å²) in [5.74, 6) is 2.37. The number of halogens is 1. The fraction of sp³-hybridized carbons (Fsp3) is 0.833. The number of rotatable bonds is 8. The van der Waals surface area contributed by atoms with E-state index in [1.54, 1.807) is 6.33 Å². The normalized spacial score (nSPS) is 13.2. The molecule has 1 aromatic heterocycles. The molecule has 0 spiro atoms. The van der Waals surface area contributed by atoms with Crippen LogP contribution in [0.25, 0.3) is 0 Å². The molecule has 4 nitrogen and oxygen atoms in total. The highest BCUT2D eigenvalue weighted by Gasteiger charge is 2.06. The van der Waals surface area contributed by atoms with Crippen LogP contribution >= 0.6 is 11.6 Å². The third kappa shape index (κ3) is 5.04. The van der Waals surface area contributed by atoms with Gasteiger partial charge in [-0.25, -0.2) is 9.67 Å². The van der Waals surface area contributed by atoms with Crippen LogP contribution in [-0.4, -0.2) is 27.2 Å². The lowest BCUT2D eigenvalue weighted by Crippen LogP contribution is -2.20. The van der Waals surface area contributed by atoms with Crippen LogP contribution in [0.5, 0.6) is 0 Å². The Morgan fingerprint density at radius 2 is 2.18 bits per heavy atom. The van der Waals surface area contributed by atoms with Gasteiger partial charge in [0.25, 0.3) is 0 Å². The van der Waals surface area contributed by atoms with E-state index in [9.17, 15) is 0 Å². The van der Waals surface area contributed by atoms with E-state index in [-0.39, 0.29) is 0 Å². The molecule has 0 aliphatic rings. The van der Waals surface area contributed by atoms with E-state index < -0.39 is 0 Å². The monoisotopic (exact) mass is 258 g/mol. The molecule has 0 fully saturated rings. The molecule has 0 aliphatic heterocycles. The Hall–Kier alpha value is -0.610. The average molecular weight is 259 g/mol. The van der Waals surface area contributed by atoms with Gasteiger partial charge in [0.15, 0.2) is 0 Å². The van der Waals surface area contributed by atoms with E-state index in [4.69, 9.17) is 11.6 Å². The lowest BCUT2D eigenvalue weighted by molar-refractivity contribution is 0.479. The molecule has 1 atom stereocenters. The topological polar surface area (TPSA) is 42.7 Å². The second-order valence-corrected chi connectivity index (χ2v) is 5.10. The van der Waals surface area contributed by atoms with Crippen molar-refractivity contribution in [1.29, 1.82) is 0 Å². The Morgan fingerprint density at radius 3 is 2.82 bits per heavy atom. The molecule has 0 aromatic carbocycles. The highest BCUT2D eigenvalue weighted by Crippen LogP contribution is 2.07. The first-order valence-corrected chi connectivity index (χ1v) is 6.83. The van der Waals surface area contributed by atoms with Gasteiger partial charge in [-0.3, -0.25) is 0 Å². The Bertz CT molecular complexity index is 311. The average Bonchev–Trinajstić information content (AvgIpc) is 2.76. The second kappa shape index (κ2) is 7.67. The highest BCUT2D eigenvalue weighted by atomic mass is 35.5. The van der Waals surface area contributed by atoms with Gasteiger partial charge < -0.3 is 5.32 Å². The molecule has 0 amide bonds. The molecular weight excluding hydrogens is 236 g/mol. The van der Waals surface area contributed by atoms with Crippen LogP contribution in [0.1, 0.15) is 45.5 Å². The van der Waals surface area contributed by atoms with Gasteiger partial charge in [0.1, 0.15) is 12.2 Å². The molecule has 98 valence electrons. The number of alkyl halides is 1. The van der Waals surface area contributed by atoms with Crippen molar-refractivity contribution in [3.05, 3.63) is 12.2 Å². The maximum absolute atomic E-state index is 5.76. The maximum atomic E-state index is 5.76. The molecular formula is C12H23ClN4. The number of nitrogens with one attached hydrogen (secondary N) is 1. The van der Waals surface area contributed by atoms with E-state index in [1.165, 1.54) is 6.42 Å². The molecule has 1 aromatic rings. The largest absolute Gasteiger partial charge is 0.310 e. The molecule has 17 heavy (non-hydrogen) atoms. The number of nitrogens with zero attached hydrogens (tertiary/aromatic N) is 3. The Kier molecular flexibility index (Phi) is 6.52. The lowest BCUT2D eigenvalue weighted by atomic mass is 10.1. The van der Waals surface area contributed by atoms with Gasteiger partial charge in [0.05, 0.1) is 6.54 Å². The van der Waals surface area contributed by atoms with Gasteiger partial charge in [0.2, 0.25) is 0 Å². The van der Waals surface area contributed by atoms with Crippen molar-refractivity contribution in [3.63, 3.8) is 0 Å². The molecule has 5 heteroatoms. The van der Waals surface area contributed by atoms with Crippen molar-refractivity contribution in [3.8, 4) is 0 Å². The van der Waals surface area contributed by atoms with Gasteiger partial charge in [-0.1, -0.05) is 6.92 Å². The van der Waals surface area contributed by atoms with Crippen LogP contribution in [0.4, 0.5) is 0 Å². The summed E-state index contributed by atoms with van der Waals surface area (Å²) < 4.78 is 1.95. The van der Waals surface area contributed by atoms with Crippen LogP contribution in [0, 0.1) is 5.92 Å². The molecule has 0 saturated heterocycles. The van der Waals surface area contributed by atoms with Gasteiger partial charge >= 0.3 is 0 Å². The summed E-state index contributed by atoms with van der Waals surface area (Å²) in [4.78, 5) is 4.25. The van der Waals surface area contributed by atoms with Crippen molar-refractivity contribution in [1.82, 2.24) is 20.1 Å². The summed E-state index contributed by atoms with van der Waals surface area (Å²) in [6.07, 6.45) is 3.95. The van der Waals surface area contributed by atoms with Crippen LogP contribution < -0.4 is 5.32 Å². The highest BCUT2D eigenvalue weighted by molar-refractivity contribution is 6.18. The number of hydrogen-bond donors (Lipinski definition) is 1. The van der Waals surface area contributed by atoms with Gasteiger partial charge in [0, 0.05) is 11.9 Å². The molecule has 1 unspecified atom stereocenters. The Morgan fingerprint density at radius 1 is 1.41 bits per heavy atom. The number of hydrogen-bond acceptors (Lipinski definition) is 3. The lowest BCUT2D eigenvalue weighted by Gasteiger charge is -2.10. The van der Waals surface area contributed by atoms with Crippen molar-refractivity contribution in [2.45, 2.75) is 46.2 Å². The number of aromatic nitrogens is 3. The summed E-state index contributed by atoms with van der Waals surface area (Å²) in [5.41, 5.74) is 0. The van der Waals surface area contributed by atoms with Crippen molar-refractivity contribution < 1.29 is 0 Å². The minimum Gasteiger partial charge on any atom is -0.310 e. The van der Waals surface area contributed by atoms with E-state index >= 15 is 0 Å². The Balaban J connectivity index is 2.20. The van der Waals surface area contributed by atoms with E-state index in [1.807, 2.05) is 4.68 Å². The minimum atomic E-state index is 0.366. The molecule has 0 aliphatic carbocycles. The first kappa shape index (κ1) is 14.5. The molecule has 0 saturated carbocycles. The summed E-state index contributed by atoms with van der Waals surface area (Å²) >= 11 is 5.76. The van der Waals surface area contributed by atoms with Gasteiger partial charge in [-0.2, -0.15) is 5.10 Å². The molecule has 1 heterocycles. The fourth-order valence-electron chi connectivity index (χ4n) is 1.68. The fourth-order valence-corrected chi connectivity index (χ4v) is 1.84. The summed E-state index contributed by atoms with van der Waals surface area (Å²) in [7, 11) is 0. The third-order valence-electron chi connectivity index (χ3n) is 2.73. The minimum absolute atomic E-state index is 0.366. The van der Waals surface area contributed by atoms with Crippen LogP contribution in [0.3, 0.4) is 0 Å². The van der Waals surface area contributed by atoms with Crippen LogP contribution in [-0.2, 0) is 6.54 Å². The zero-order valence-electron chi connectivity index (χ0n) is 11.0. The molecule has 0 radical (unpaired) electrons. The standard InChI is InChI=1S/C12H23ClN4/c1-10(2)17-12(15-9-16-17)8-14-6-4-5-11(3)7-13/h9-11,14H,4-8H2,1-3H3. The predicted octanol–water partition coefficient (Wildman–Crippen LogP) is 2.60. The van der Waals surface area contributed by atoms with Crippen molar-refractivity contribution in [2.24, 2.45) is 5.92 Å². The smallest absolute Gasteiger partial charge is 0.141 e. The van der Waals surface area contributed by atoms with Gasteiger partial charge in [-0.15, -0.1) is 11.6 Å². The molecule has 1 rings (SSSR count). The van der Waals surface area contributed by atoms with Crippen molar-refractivity contribution in [2.75, 3.05) is 12.4 Å². The van der Waals surface area contributed by atoms with E-state index in [2.05, 4.69) is 36.2 Å². The molecule has 0 bridgehead atoms. The van der Waals surface area contributed by atoms with Crippen molar-refractivity contribution >= 4 is 11.6 Å². The summed E-state index contributed by atoms with van der Waals surface area (Å²) in [5, 5.41) is 7.60. The summed E-state index contributed by atoms with van der Waals surface area (Å²) in [6.45, 7) is 8.20. The van der Waals surface area contributed by atoms with E-state index in [0.717, 1.165) is 31.2 Å². The van der Waals surface area contributed by atoms with Crippen LogP contribution in [0.2, 0.25) is 0 Å². The quantitative estimate of drug-likeness (QED) is 0.576. The zero-order chi connectivity index (χ0) is 12.7. The molecule has 1 N–H and O–H groups in total. The first-order chi connectivity index (χ1) is 8.15. The third-order valence-corrected chi connectivity index (χ3v) is 3.26. The Labute approximate surface area is 109 Å². The summed E-state index contributed by atoms with van der Waals surface area (Å²) in [6, 6.07) is 0.366. The first-order valence-electron chi connectivity index (χ1n) is 6.30. The predicted molar refractivity (Wildman–Crippen MR) is 71.2 cm³/mol. The maximum Gasteiger partial charge on any atom is 0.141 e. The van der Waals surface area contributed by atoms with Gasteiger partial charge in [-0.05, 0) is 39.2 Å².